The van der Waals surface area contributed by atoms with Gasteiger partial charge >= 0.3 is 5.69 Å². The topological polar surface area (TPSA) is 111 Å². The molecule has 0 unspecified atom stereocenters. The number of phenolic OH excluding ortho intramolecular Hbond substituents is 1. The Morgan fingerprint density at radius 3 is 2.92 bits per heavy atom. The third kappa shape index (κ3) is 2.99. The second-order valence-corrected chi connectivity index (χ2v) is 6.20. The van der Waals surface area contributed by atoms with Crippen molar-refractivity contribution in [1.82, 2.24) is 14.6 Å². The molecule has 0 amide bonds. The number of fused-ring (bicyclic) bond motifs is 1. The smallest absolute Gasteiger partial charge is 0.311 e. The van der Waals surface area contributed by atoms with E-state index < -0.39 is 16.4 Å². The predicted molar refractivity (Wildman–Crippen MR) is 90.4 cm³/mol. The van der Waals surface area contributed by atoms with Gasteiger partial charge in [0.1, 0.15) is 0 Å². The van der Waals surface area contributed by atoms with Gasteiger partial charge < -0.3 is 5.11 Å². The maximum atomic E-state index is 11.9. The number of phenols is 1. The van der Waals surface area contributed by atoms with E-state index in [4.69, 9.17) is 11.6 Å². The Morgan fingerprint density at radius 1 is 1.46 bits per heavy atom. The SMILES string of the molecule is Cc1cc(=O)n2nc(/C(Cl)=C/c3ccc(O)c([N+](=O)[O-])c3)sc2n1. The van der Waals surface area contributed by atoms with Crippen LogP contribution in [0.25, 0.3) is 16.1 Å². The van der Waals surface area contributed by atoms with Gasteiger partial charge in [-0.3, -0.25) is 14.9 Å². The van der Waals surface area contributed by atoms with Crippen LogP contribution in [0.3, 0.4) is 0 Å². The lowest BCUT2D eigenvalue weighted by Crippen LogP contribution is -2.14. The van der Waals surface area contributed by atoms with Crippen molar-refractivity contribution in [2.75, 3.05) is 0 Å². The van der Waals surface area contributed by atoms with Gasteiger partial charge in [-0.25, -0.2) is 4.98 Å². The first-order valence-electron chi connectivity index (χ1n) is 6.57. The molecule has 10 heteroatoms. The van der Waals surface area contributed by atoms with Gasteiger partial charge in [-0.05, 0) is 24.6 Å². The van der Waals surface area contributed by atoms with Gasteiger partial charge in [0.15, 0.2) is 10.8 Å². The lowest BCUT2D eigenvalue weighted by Gasteiger charge is -1.98. The normalized spacial score (nSPS) is 11.8. The first-order chi connectivity index (χ1) is 11.3. The van der Waals surface area contributed by atoms with E-state index in [0.717, 1.165) is 15.9 Å². The molecule has 1 aromatic carbocycles. The summed E-state index contributed by atoms with van der Waals surface area (Å²) in [5.41, 5.74) is 0.250. The first-order valence-corrected chi connectivity index (χ1v) is 7.77. The molecule has 3 rings (SSSR count). The monoisotopic (exact) mass is 364 g/mol. The summed E-state index contributed by atoms with van der Waals surface area (Å²) in [7, 11) is 0. The molecule has 0 saturated heterocycles. The molecule has 122 valence electrons. The molecule has 24 heavy (non-hydrogen) atoms. The summed E-state index contributed by atoms with van der Waals surface area (Å²) in [5, 5.41) is 25.0. The highest BCUT2D eigenvalue weighted by molar-refractivity contribution is 7.18. The Morgan fingerprint density at radius 2 is 2.21 bits per heavy atom. The Balaban J connectivity index is 2.05. The number of halogens is 1. The molecule has 2 heterocycles. The number of hydrogen-bond acceptors (Lipinski definition) is 7. The van der Waals surface area contributed by atoms with Gasteiger partial charge in [-0.1, -0.05) is 29.0 Å². The van der Waals surface area contributed by atoms with Crippen LogP contribution in [-0.2, 0) is 0 Å². The van der Waals surface area contributed by atoms with E-state index in [1.807, 2.05) is 0 Å². The van der Waals surface area contributed by atoms with E-state index in [9.17, 15) is 20.0 Å². The van der Waals surface area contributed by atoms with Crippen molar-refractivity contribution in [1.29, 1.82) is 0 Å². The number of nitro groups is 1. The number of rotatable bonds is 3. The highest BCUT2D eigenvalue weighted by Crippen LogP contribution is 2.30. The van der Waals surface area contributed by atoms with Crippen LogP contribution >= 0.6 is 22.9 Å². The number of nitrogens with zero attached hydrogens (tertiary/aromatic N) is 4. The zero-order valence-corrected chi connectivity index (χ0v) is 13.7. The maximum Gasteiger partial charge on any atom is 0.311 e. The third-order valence-corrected chi connectivity index (χ3v) is 4.41. The van der Waals surface area contributed by atoms with Crippen LogP contribution in [0.15, 0.2) is 29.1 Å². The van der Waals surface area contributed by atoms with E-state index in [2.05, 4.69) is 10.1 Å². The summed E-state index contributed by atoms with van der Waals surface area (Å²) in [6.45, 7) is 1.70. The molecule has 0 spiro atoms. The molecular weight excluding hydrogens is 356 g/mol. The molecular formula is C14H9ClN4O4S. The highest BCUT2D eigenvalue weighted by atomic mass is 35.5. The average Bonchev–Trinajstić information content (AvgIpc) is 2.93. The van der Waals surface area contributed by atoms with E-state index in [1.165, 1.54) is 30.3 Å². The highest BCUT2D eigenvalue weighted by Gasteiger charge is 2.14. The molecule has 0 aliphatic heterocycles. The van der Waals surface area contributed by atoms with Crippen LogP contribution < -0.4 is 5.56 Å². The Hall–Kier alpha value is -2.78. The molecule has 0 atom stereocenters. The fourth-order valence-electron chi connectivity index (χ4n) is 2.00. The van der Waals surface area contributed by atoms with Crippen molar-refractivity contribution >= 4 is 44.7 Å². The maximum absolute atomic E-state index is 11.9. The number of aromatic hydroxyl groups is 1. The van der Waals surface area contributed by atoms with Crippen LogP contribution in [0, 0.1) is 17.0 Å². The van der Waals surface area contributed by atoms with Crippen LogP contribution in [0.4, 0.5) is 5.69 Å². The molecule has 1 N–H and O–H groups in total. The molecule has 0 saturated carbocycles. The Bertz CT molecular complexity index is 1060. The lowest BCUT2D eigenvalue weighted by molar-refractivity contribution is -0.385. The molecule has 3 aromatic rings. The van der Waals surface area contributed by atoms with Gasteiger partial charge in [0.2, 0.25) is 4.96 Å². The molecule has 0 fully saturated rings. The summed E-state index contributed by atoms with van der Waals surface area (Å²) >= 11 is 7.33. The van der Waals surface area contributed by atoms with Crippen molar-refractivity contribution in [3.63, 3.8) is 0 Å². The summed E-state index contributed by atoms with van der Waals surface area (Å²) in [4.78, 5) is 26.6. The third-order valence-electron chi connectivity index (χ3n) is 3.07. The van der Waals surface area contributed by atoms with Crippen molar-refractivity contribution in [3.8, 4) is 5.75 Å². The summed E-state index contributed by atoms with van der Waals surface area (Å²) in [6, 6.07) is 5.24. The van der Waals surface area contributed by atoms with Crippen molar-refractivity contribution in [2.45, 2.75) is 6.92 Å². The van der Waals surface area contributed by atoms with Crippen LogP contribution in [-0.4, -0.2) is 24.6 Å². The largest absolute Gasteiger partial charge is 0.502 e. The van der Waals surface area contributed by atoms with Crippen LogP contribution in [0.1, 0.15) is 16.3 Å². The van der Waals surface area contributed by atoms with Gasteiger partial charge in [0.25, 0.3) is 5.56 Å². The zero-order valence-electron chi connectivity index (χ0n) is 12.1. The first kappa shape index (κ1) is 16.1. The summed E-state index contributed by atoms with van der Waals surface area (Å²) < 4.78 is 1.14. The molecule has 2 aromatic heterocycles. The lowest BCUT2D eigenvalue weighted by atomic mass is 10.2. The van der Waals surface area contributed by atoms with Crippen LogP contribution in [0.5, 0.6) is 5.75 Å². The minimum atomic E-state index is -0.690. The fraction of sp³-hybridized carbons (Fsp3) is 0.0714. The van der Waals surface area contributed by atoms with E-state index >= 15 is 0 Å². The van der Waals surface area contributed by atoms with E-state index in [1.54, 1.807) is 6.92 Å². The number of aromatic nitrogens is 3. The number of benzene rings is 1. The van der Waals surface area contributed by atoms with Crippen LogP contribution in [0.2, 0.25) is 0 Å². The minimum absolute atomic E-state index is 0.197. The van der Waals surface area contributed by atoms with E-state index in [0.29, 0.717) is 21.2 Å². The second kappa shape index (κ2) is 6.02. The zero-order chi connectivity index (χ0) is 17.4. The van der Waals surface area contributed by atoms with Crippen molar-refractivity contribution in [2.24, 2.45) is 0 Å². The molecule has 0 aliphatic carbocycles. The summed E-state index contributed by atoms with van der Waals surface area (Å²) in [5.74, 6) is -0.431. The number of hydrogen-bond donors (Lipinski definition) is 1. The number of aryl methyl sites for hydroxylation is 1. The average molecular weight is 365 g/mol. The molecule has 8 nitrogen and oxygen atoms in total. The molecule has 0 radical (unpaired) electrons. The van der Waals surface area contributed by atoms with Crippen molar-refractivity contribution < 1.29 is 10.0 Å². The van der Waals surface area contributed by atoms with Gasteiger partial charge in [-0.2, -0.15) is 9.61 Å². The Kier molecular flexibility index (Phi) is 4.04. The molecule has 0 bridgehead atoms. The van der Waals surface area contributed by atoms with Gasteiger partial charge in [-0.15, -0.1) is 0 Å². The minimum Gasteiger partial charge on any atom is -0.502 e. The van der Waals surface area contributed by atoms with E-state index in [-0.39, 0.29) is 10.6 Å². The quantitative estimate of drug-likeness (QED) is 0.565. The second-order valence-electron chi connectivity index (χ2n) is 4.83. The van der Waals surface area contributed by atoms with Crippen molar-refractivity contribution in [3.05, 3.63) is 61.0 Å². The predicted octanol–water partition coefficient (Wildman–Crippen LogP) is 2.81. The Labute approximate surface area is 143 Å². The fourth-order valence-corrected chi connectivity index (χ4v) is 3.14. The number of nitro benzene ring substituents is 1. The standard InChI is InChI=1S/C14H9ClN4O4S/c1-7-4-12(21)18-14(16-7)24-13(17-18)9(15)5-8-2-3-11(20)10(6-8)19(22)23/h2-6,20H,1H3/b9-5-. The van der Waals surface area contributed by atoms with Gasteiger partial charge in [0.05, 0.1) is 9.96 Å². The van der Waals surface area contributed by atoms with Gasteiger partial charge in [0, 0.05) is 17.8 Å². The summed E-state index contributed by atoms with van der Waals surface area (Å²) in [6.07, 6.45) is 1.46. The molecule has 0 aliphatic rings.